The zero-order chi connectivity index (χ0) is 15.6. The summed E-state index contributed by atoms with van der Waals surface area (Å²) in [7, 11) is 0. The van der Waals surface area contributed by atoms with Crippen LogP contribution in [0.4, 0.5) is 8.78 Å². The van der Waals surface area contributed by atoms with E-state index in [2.05, 4.69) is 18.7 Å². The van der Waals surface area contributed by atoms with Gasteiger partial charge in [-0.25, -0.2) is 8.78 Å². The Hall–Kier alpha value is -1.00. The van der Waals surface area contributed by atoms with Crippen LogP contribution in [-0.4, -0.2) is 23.5 Å². The van der Waals surface area contributed by atoms with Gasteiger partial charge >= 0.3 is 0 Å². The summed E-state index contributed by atoms with van der Waals surface area (Å²) in [6.07, 6.45) is 4.09. The third-order valence-electron chi connectivity index (χ3n) is 5.08. The molecule has 2 N–H and O–H groups in total. The van der Waals surface area contributed by atoms with E-state index in [0.29, 0.717) is 11.1 Å². The molecule has 2 rings (SSSR count). The van der Waals surface area contributed by atoms with Crippen molar-refractivity contribution >= 4 is 0 Å². The monoisotopic (exact) mass is 296 g/mol. The molecule has 0 bridgehead atoms. The highest BCUT2D eigenvalue weighted by atomic mass is 19.2. The molecule has 1 aromatic carbocycles. The fourth-order valence-corrected chi connectivity index (χ4v) is 3.86. The molecular weight excluding hydrogens is 270 g/mol. The molecule has 1 aliphatic rings. The summed E-state index contributed by atoms with van der Waals surface area (Å²) in [6, 6.07) is 2.79. The maximum Gasteiger partial charge on any atom is 0.163 e. The molecule has 1 aromatic rings. The van der Waals surface area contributed by atoms with Gasteiger partial charge in [0.1, 0.15) is 0 Å². The van der Waals surface area contributed by atoms with E-state index in [1.165, 1.54) is 0 Å². The summed E-state index contributed by atoms with van der Waals surface area (Å²) in [5.41, 5.74) is 6.85. The van der Waals surface area contributed by atoms with Crippen LogP contribution in [0.15, 0.2) is 12.1 Å². The minimum Gasteiger partial charge on any atom is -0.322 e. The molecule has 1 unspecified atom stereocenters. The number of benzene rings is 1. The van der Waals surface area contributed by atoms with Crippen LogP contribution in [0, 0.1) is 18.6 Å². The Bertz CT molecular complexity index is 492. The Kier molecular flexibility index (Phi) is 4.99. The highest BCUT2D eigenvalue weighted by Crippen LogP contribution is 2.44. The number of nitrogens with two attached hydrogens (primary N) is 1. The second kappa shape index (κ2) is 6.41. The highest BCUT2D eigenvalue weighted by molar-refractivity contribution is 5.30. The van der Waals surface area contributed by atoms with Gasteiger partial charge in [0.05, 0.1) is 6.04 Å². The Balaban J connectivity index is 2.44. The molecule has 4 heteroatoms. The smallest absolute Gasteiger partial charge is 0.163 e. The van der Waals surface area contributed by atoms with Crippen LogP contribution >= 0.6 is 0 Å². The third kappa shape index (κ3) is 2.71. The average molecular weight is 296 g/mol. The van der Waals surface area contributed by atoms with Crippen LogP contribution < -0.4 is 5.73 Å². The maximum absolute atomic E-state index is 14.3. The fourth-order valence-electron chi connectivity index (χ4n) is 3.86. The molecule has 118 valence electrons. The van der Waals surface area contributed by atoms with Gasteiger partial charge in [-0.15, -0.1) is 0 Å². The molecule has 0 amide bonds. The molecule has 1 saturated carbocycles. The van der Waals surface area contributed by atoms with E-state index in [0.717, 1.165) is 38.8 Å². The molecule has 0 spiro atoms. The first-order valence-electron chi connectivity index (χ1n) is 7.93. The molecule has 0 saturated heterocycles. The molecule has 1 aliphatic carbocycles. The molecule has 2 nitrogen and oxygen atoms in total. The van der Waals surface area contributed by atoms with E-state index in [4.69, 9.17) is 5.73 Å². The third-order valence-corrected chi connectivity index (χ3v) is 5.08. The molecule has 0 radical (unpaired) electrons. The summed E-state index contributed by atoms with van der Waals surface area (Å²) in [5, 5.41) is 0. The van der Waals surface area contributed by atoms with Gasteiger partial charge in [-0.3, -0.25) is 4.90 Å². The number of hydrogen-bond donors (Lipinski definition) is 1. The van der Waals surface area contributed by atoms with Gasteiger partial charge in [-0.2, -0.15) is 0 Å². The minimum absolute atomic E-state index is 0.244. The fraction of sp³-hybridized carbons (Fsp3) is 0.647. The zero-order valence-corrected chi connectivity index (χ0v) is 13.3. The zero-order valence-electron chi connectivity index (χ0n) is 13.3. The summed E-state index contributed by atoms with van der Waals surface area (Å²) in [4.78, 5) is 2.32. The standard InChI is InChI=1S/C17H26F2N2/c1-4-21(5-2)17(10-6-7-11-17)16(20)13-9-8-12(3)14(18)15(13)19/h8-9,16H,4-7,10-11,20H2,1-3H3. The van der Waals surface area contributed by atoms with Crippen LogP contribution in [0.5, 0.6) is 0 Å². The van der Waals surface area contributed by atoms with E-state index in [-0.39, 0.29) is 5.54 Å². The van der Waals surface area contributed by atoms with Crippen molar-refractivity contribution in [3.8, 4) is 0 Å². The summed E-state index contributed by atoms with van der Waals surface area (Å²) >= 11 is 0. The Labute approximate surface area is 126 Å². The Morgan fingerprint density at radius 1 is 1.14 bits per heavy atom. The molecule has 0 aromatic heterocycles. The molecular formula is C17H26F2N2. The lowest BCUT2D eigenvalue weighted by molar-refractivity contribution is 0.0755. The van der Waals surface area contributed by atoms with Gasteiger partial charge in [0, 0.05) is 11.1 Å². The summed E-state index contributed by atoms with van der Waals surface area (Å²) < 4.78 is 28.2. The predicted molar refractivity (Wildman–Crippen MR) is 82.1 cm³/mol. The predicted octanol–water partition coefficient (Wildman–Crippen LogP) is 3.93. The number of rotatable bonds is 5. The van der Waals surface area contributed by atoms with Gasteiger partial charge in [-0.05, 0) is 38.4 Å². The quantitative estimate of drug-likeness (QED) is 0.892. The van der Waals surface area contributed by atoms with Crippen LogP contribution in [0.2, 0.25) is 0 Å². The van der Waals surface area contributed by atoms with Crippen LogP contribution in [0.25, 0.3) is 0 Å². The number of likely N-dealkylation sites (N-methyl/N-ethyl adjacent to an activating group) is 1. The SMILES string of the molecule is CCN(CC)C1(C(N)c2ccc(C)c(F)c2F)CCCC1. The van der Waals surface area contributed by atoms with Gasteiger partial charge in [0.2, 0.25) is 0 Å². The number of hydrogen-bond acceptors (Lipinski definition) is 2. The van der Waals surface area contributed by atoms with E-state index in [1.54, 1.807) is 19.1 Å². The van der Waals surface area contributed by atoms with Crippen LogP contribution in [0.3, 0.4) is 0 Å². The van der Waals surface area contributed by atoms with Crippen molar-refractivity contribution in [3.05, 3.63) is 34.9 Å². The van der Waals surface area contributed by atoms with Crippen LogP contribution in [0.1, 0.15) is 56.7 Å². The summed E-state index contributed by atoms with van der Waals surface area (Å²) in [5.74, 6) is -1.54. The second-order valence-electron chi connectivity index (χ2n) is 6.06. The largest absolute Gasteiger partial charge is 0.322 e. The number of aryl methyl sites for hydroxylation is 1. The molecule has 0 heterocycles. The highest BCUT2D eigenvalue weighted by Gasteiger charge is 2.45. The topological polar surface area (TPSA) is 29.3 Å². The van der Waals surface area contributed by atoms with Gasteiger partial charge < -0.3 is 5.73 Å². The van der Waals surface area contributed by atoms with Crippen molar-refractivity contribution in [3.63, 3.8) is 0 Å². The lowest BCUT2D eigenvalue weighted by Gasteiger charge is -2.45. The van der Waals surface area contributed by atoms with Crippen molar-refractivity contribution in [2.75, 3.05) is 13.1 Å². The lowest BCUT2D eigenvalue weighted by Crippen LogP contribution is -2.54. The van der Waals surface area contributed by atoms with Gasteiger partial charge in [0.15, 0.2) is 11.6 Å². The Morgan fingerprint density at radius 2 is 1.71 bits per heavy atom. The second-order valence-corrected chi connectivity index (χ2v) is 6.06. The average Bonchev–Trinajstić information content (AvgIpc) is 2.96. The first-order chi connectivity index (χ1) is 9.97. The van der Waals surface area contributed by atoms with Gasteiger partial charge in [0.25, 0.3) is 0 Å². The van der Waals surface area contributed by atoms with Crippen molar-refractivity contribution < 1.29 is 8.78 Å². The summed E-state index contributed by atoms with van der Waals surface area (Å²) in [6.45, 7) is 7.52. The number of nitrogens with zero attached hydrogens (tertiary/aromatic N) is 1. The van der Waals surface area contributed by atoms with Crippen molar-refractivity contribution in [1.82, 2.24) is 4.90 Å². The van der Waals surface area contributed by atoms with E-state index in [1.807, 2.05) is 0 Å². The minimum atomic E-state index is -0.777. The first kappa shape index (κ1) is 16.4. The molecule has 1 atom stereocenters. The van der Waals surface area contributed by atoms with Crippen molar-refractivity contribution in [1.29, 1.82) is 0 Å². The van der Waals surface area contributed by atoms with E-state index >= 15 is 0 Å². The maximum atomic E-state index is 14.3. The van der Waals surface area contributed by atoms with E-state index in [9.17, 15) is 8.78 Å². The van der Waals surface area contributed by atoms with Gasteiger partial charge in [-0.1, -0.05) is 38.8 Å². The van der Waals surface area contributed by atoms with Crippen LogP contribution in [-0.2, 0) is 0 Å². The Morgan fingerprint density at radius 3 is 2.24 bits per heavy atom. The van der Waals surface area contributed by atoms with Crippen molar-refractivity contribution in [2.45, 2.75) is 58.0 Å². The van der Waals surface area contributed by atoms with E-state index < -0.39 is 17.7 Å². The molecule has 21 heavy (non-hydrogen) atoms. The number of halogens is 2. The normalized spacial score (nSPS) is 19.2. The molecule has 1 fully saturated rings. The lowest BCUT2D eigenvalue weighted by atomic mass is 9.82. The van der Waals surface area contributed by atoms with Crippen molar-refractivity contribution in [2.24, 2.45) is 5.73 Å². The molecule has 0 aliphatic heterocycles. The first-order valence-corrected chi connectivity index (χ1v) is 7.93.